The Labute approximate surface area is 92.0 Å². The summed E-state index contributed by atoms with van der Waals surface area (Å²) in [4.78, 5) is 0. The van der Waals surface area contributed by atoms with Gasteiger partial charge in [-0.3, -0.25) is 0 Å². The maximum atomic E-state index is 13.4. The molecule has 1 rings (SSSR count). The predicted octanol–water partition coefficient (Wildman–Crippen LogP) is 2.84. The summed E-state index contributed by atoms with van der Waals surface area (Å²) in [6.07, 6.45) is 1.99. The van der Waals surface area contributed by atoms with Crippen molar-refractivity contribution in [3.8, 4) is 0 Å². The van der Waals surface area contributed by atoms with Gasteiger partial charge in [-0.2, -0.15) is 11.8 Å². The van der Waals surface area contributed by atoms with Gasteiger partial charge in [0.1, 0.15) is 0 Å². The Kier molecular flexibility index (Phi) is 4.35. The van der Waals surface area contributed by atoms with E-state index in [1.165, 1.54) is 6.07 Å². The molecule has 0 aliphatic rings. The molecule has 0 unspecified atom stereocenters. The SMILES string of the molecule is CSCCNc1c(N)ccc(Cl)c1F. The normalized spacial score (nSPS) is 10.2. The number of hydrogen-bond acceptors (Lipinski definition) is 3. The van der Waals surface area contributed by atoms with Gasteiger partial charge in [0.2, 0.25) is 0 Å². The topological polar surface area (TPSA) is 38.0 Å². The molecule has 3 N–H and O–H groups in total. The Hall–Kier alpha value is -0.610. The van der Waals surface area contributed by atoms with Gasteiger partial charge in [-0.1, -0.05) is 11.6 Å². The van der Waals surface area contributed by atoms with Crippen LogP contribution in [-0.4, -0.2) is 18.6 Å². The van der Waals surface area contributed by atoms with Crippen molar-refractivity contribution < 1.29 is 4.39 Å². The van der Waals surface area contributed by atoms with Crippen LogP contribution >= 0.6 is 23.4 Å². The summed E-state index contributed by atoms with van der Waals surface area (Å²) in [5.41, 5.74) is 6.28. The fraction of sp³-hybridized carbons (Fsp3) is 0.333. The molecule has 1 aromatic rings. The number of nitrogen functional groups attached to an aromatic ring is 1. The van der Waals surface area contributed by atoms with Gasteiger partial charge >= 0.3 is 0 Å². The first-order chi connectivity index (χ1) is 6.66. The second-order valence-corrected chi connectivity index (χ2v) is 4.14. The second-order valence-electron chi connectivity index (χ2n) is 2.75. The summed E-state index contributed by atoms with van der Waals surface area (Å²) >= 11 is 7.30. The lowest BCUT2D eigenvalue weighted by Crippen LogP contribution is -2.08. The number of halogens is 2. The summed E-state index contributed by atoms with van der Waals surface area (Å²) in [5, 5.41) is 3.01. The predicted molar refractivity (Wildman–Crippen MR) is 62.7 cm³/mol. The van der Waals surface area contributed by atoms with Gasteiger partial charge in [-0.25, -0.2) is 4.39 Å². The minimum absolute atomic E-state index is 0.0888. The van der Waals surface area contributed by atoms with Crippen LogP contribution in [0.5, 0.6) is 0 Å². The molecule has 0 atom stereocenters. The summed E-state index contributed by atoms with van der Waals surface area (Å²) in [6, 6.07) is 3.04. The third-order valence-electron chi connectivity index (χ3n) is 1.74. The molecule has 14 heavy (non-hydrogen) atoms. The number of rotatable bonds is 4. The molecular weight excluding hydrogens is 223 g/mol. The van der Waals surface area contributed by atoms with Crippen LogP contribution < -0.4 is 11.1 Å². The molecule has 1 aromatic carbocycles. The summed E-state index contributed by atoms with van der Waals surface area (Å²) in [5.74, 6) is 0.415. The Morgan fingerprint density at radius 2 is 2.29 bits per heavy atom. The standard InChI is InChI=1S/C9H12ClFN2S/c1-14-5-4-13-9-7(12)3-2-6(10)8(9)11/h2-3,13H,4-5,12H2,1H3. The van der Waals surface area contributed by atoms with E-state index in [-0.39, 0.29) is 5.02 Å². The van der Waals surface area contributed by atoms with Crippen molar-refractivity contribution in [1.29, 1.82) is 0 Å². The molecule has 0 bridgehead atoms. The molecule has 0 aliphatic carbocycles. The van der Waals surface area contributed by atoms with Gasteiger partial charge in [0, 0.05) is 12.3 Å². The zero-order valence-corrected chi connectivity index (χ0v) is 9.38. The van der Waals surface area contributed by atoms with Gasteiger partial charge < -0.3 is 11.1 Å². The monoisotopic (exact) mass is 234 g/mol. The Balaban J connectivity index is 2.79. The second kappa shape index (κ2) is 5.32. The smallest absolute Gasteiger partial charge is 0.166 e. The highest BCUT2D eigenvalue weighted by molar-refractivity contribution is 7.98. The highest BCUT2D eigenvalue weighted by Crippen LogP contribution is 2.28. The average molecular weight is 235 g/mol. The van der Waals surface area contributed by atoms with Crippen LogP contribution in [0.25, 0.3) is 0 Å². The maximum absolute atomic E-state index is 13.4. The molecule has 0 saturated heterocycles. The summed E-state index contributed by atoms with van der Waals surface area (Å²) in [7, 11) is 0. The van der Waals surface area contributed by atoms with Crippen LogP contribution in [-0.2, 0) is 0 Å². The van der Waals surface area contributed by atoms with Gasteiger partial charge in [-0.15, -0.1) is 0 Å². The number of nitrogens with one attached hydrogen (secondary N) is 1. The minimum Gasteiger partial charge on any atom is -0.397 e. The first-order valence-electron chi connectivity index (χ1n) is 4.13. The fourth-order valence-corrected chi connectivity index (χ4v) is 1.49. The lowest BCUT2D eigenvalue weighted by atomic mass is 10.2. The fourth-order valence-electron chi connectivity index (χ4n) is 1.02. The Morgan fingerprint density at radius 3 is 2.93 bits per heavy atom. The molecule has 78 valence electrons. The van der Waals surface area contributed by atoms with Crippen molar-refractivity contribution in [3.05, 3.63) is 23.0 Å². The van der Waals surface area contributed by atoms with Gasteiger partial charge in [0.15, 0.2) is 5.82 Å². The molecule has 0 aromatic heterocycles. The molecular formula is C9H12ClFN2S. The van der Waals surface area contributed by atoms with Crippen LogP contribution in [0, 0.1) is 5.82 Å². The van der Waals surface area contributed by atoms with Crippen molar-refractivity contribution in [3.63, 3.8) is 0 Å². The van der Waals surface area contributed by atoms with E-state index in [2.05, 4.69) is 5.32 Å². The van der Waals surface area contributed by atoms with Crippen molar-refractivity contribution in [2.75, 3.05) is 29.6 Å². The molecule has 0 fully saturated rings. The molecule has 5 heteroatoms. The van der Waals surface area contributed by atoms with E-state index in [0.29, 0.717) is 17.9 Å². The molecule has 2 nitrogen and oxygen atoms in total. The van der Waals surface area contributed by atoms with Gasteiger partial charge in [0.05, 0.1) is 16.4 Å². The third kappa shape index (κ3) is 2.69. The Morgan fingerprint density at radius 1 is 1.57 bits per heavy atom. The number of nitrogens with two attached hydrogens (primary N) is 1. The lowest BCUT2D eigenvalue weighted by Gasteiger charge is -2.10. The highest BCUT2D eigenvalue weighted by atomic mass is 35.5. The third-order valence-corrected chi connectivity index (χ3v) is 2.64. The first kappa shape index (κ1) is 11.5. The molecule has 0 spiro atoms. The van der Waals surface area contributed by atoms with Crippen LogP contribution in [0.3, 0.4) is 0 Å². The molecule has 0 heterocycles. The van der Waals surface area contributed by atoms with E-state index in [4.69, 9.17) is 17.3 Å². The van der Waals surface area contributed by atoms with E-state index < -0.39 is 5.82 Å². The quantitative estimate of drug-likeness (QED) is 0.622. The molecule has 0 saturated carbocycles. The van der Waals surface area contributed by atoms with Crippen LogP contribution in [0.2, 0.25) is 5.02 Å². The van der Waals surface area contributed by atoms with Crippen molar-refractivity contribution in [2.24, 2.45) is 0 Å². The number of benzene rings is 1. The van der Waals surface area contributed by atoms with E-state index >= 15 is 0 Å². The molecule has 0 amide bonds. The highest BCUT2D eigenvalue weighted by Gasteiger charge is 2.09. The number of anilines is 2. The zero-order chi connectivity index (χ0) is 10.6. The zero-order valence-electron chi connectivity index (χ0n) is 7.81. The first-order valence-corrected chi connectivity index (χ1v) is 5.90. The van der Waals surface area contributed by atoms with Crippen LogP contribution in [0.15, 0.2) is 12.1 Å². The number of thioether (sulfide) groups is 1. The Bertz CT molecular complexity index is 320. The maximum Gasteiger partial charge on any atom is 0.166 e. The van der Waals surface area contributed by atoms with Crippen molar-refractivity contribution in [2.45, 2.75) is 0 Å². The van der Waals surface area contributed by atoms with Crippen LogP contribution in [0.4, 0.5) is 15.8 Å². The number of hydrogen-bond donors (Lipinski definition) is 2. The molecule has 0 aliphatic heterocycles. The minimum atomic E-state index is -0.479. The van der Waals surface area contributed by atoms with E-state index in [1.807, 2.05) is 6.26 Å². The summed E-state index contributed by atoms with van der Waals surface area (Å²) in [6.45, 7) is 0.669. The summed E-state index contributed by atoms with van der Waals surface area (Å²) < 4.78 is 13.4. The van der Waals surface area contributed by atoms with Gasteiger partial charge in [0.25, 0.3) is 0 Å². The van der Waals surface area contributed by atoms with E-state index in [1.54, 1.807) is 17.8 Å². The van der Waals surface area contributed by atoms with Crippen molar-refractivity contribution in [1.82, 2.24) is 0 Å². The molecule has 0 radical (unpaired) electrons. The van der Waals surface area contributed by atoms with Crippen LogP contribution in [0.1, 0.15) is 0 Å². The van der Waals surface area contributed by atoms with Gasteiger partial charge in [-0.05, 0) is 18.4 Å². The average Bonchev–Trinajstić information content (AvgIpc) is 2.18. The van der Waals surface area contributed by atoms with E-state index in [0.717, 1.165) is 5.75 Å². The largest absolute Gasteiger partial charge is 0.397 e. The van der Waals surface area contributed by atoms with Crippen molar-refractivity contribution >= 4 is 34.7 Å². The lowest BCUT2D eigenvalue weighted by molar-refractivity contribution is 0.631. The van der Waals surface area contributed by atoms with E-state index in [9.17, 15) is 4.39 Å².